The number of pyridine rings is 1. The molecule has 0 aliphatic carbocycles. The normalized spacial score (nSPS) is 14.3. The Morgan fingerprint density at radius 1 is 1.27 bits per heavy atom. The number of sulfone groups is 1. The van der Waals surface area contributed by atoms with Crippen molar-refractivity contribution >= 4 is 38.7 Å². The Hall–Kier alpha value is -2.22. The first-order valence-corrected chi connectivity index (χ1v) is 10.6. The van der Waals surface area contributed by atoms with Crippen LogP contribution in [0.1, 0.15) is 20.8 Å². The van der Waals surface area contributed by atoms with Crippen LogP contribution in [0, 0.1) is 0 Å². The lowest BCUT2D eigenvalue weighted by molar-refractivity contribution is 0.0955. The summed E-state index contributed by atoms with van der Waals surface area (Å²) in [6, 6.07) is 10.2. The molecule has 0 saturated heterocycles. The Balaban J connectivity index is 1.65. The maximum absolute atomic E-state index is 12.5. The molecule has 0 saturated carbocycles. The molecule has 0 atom stereocenters. The standard InChI is InChI=1S/C18H13ClN2O3S2/c19-13-3-4-14-16(7-13)26(23,24)10-12-6-15(25-17(12)14)18(22)21-9-11-2-1-5-20-8-11/h1-8H,9-10H2,(H,21,22). The average Bonchev–Trinajstić information content (AvgIpc) is 3.04. The van der Waals surface area contributed by atoms with Gasteiger partial charge in [0, 0.05) is 34.4 Å². The number of halogens is 1. The monoisotopic (exact) mass is 404 g/mol. The number of hydrogen-bond acceptors (Lipinski definition) is 5. The van der Waals surface area contributed by atoms with Crippen LogP contribution in [-0.4, -0.2) is 19.3 Å². The highest BCUT2D eigenvalue weighted by atomic mass is 35.5. The fourth-order valence-electron chi connectivity index (χ4n) is 2.87. The largest absolute Gasteiger partial charge is 0.347 e. The van der Waals surface area contributed by atoms with Crippen molar-refractivity contribution in [3.63, 3.8) is 0 Å². The van der Waals surface area contributed by atoms with Gasteiger partial charge in [-0.3, -0.25) is 9.78 Å². The van der Waals surface area contributed by atoms with Gasteiger partial charge in [-0.1, -0.05) is 23.7 Å². The number of fused-ring (bicyclic) bond motifs is 3. The zero-order valence-corrected chi connectivity index (χ0v) is 15.8. The van der Waals surface area contributed by atoms with E-state index in [0.717, 1.165) is 10.4 Å². The van der Waals surface area contributed by atoms with E-state index in [1.54, 1.807) is 36.7 Å². The first-order chi connectivity index (χ1) is 12.4. The van der Waals surface area contributed by atoms with E-state index in [1.165, 1.54) is 17.4 Å². The summed E-state index contributed by atoms with van der Waals surface area (Å²) in [7, 11) is -3.46. The molecule has 2 aromatic heterocycles. The Morgan fingerprint density at radius 3 is 2.88 bits per heavy atom. The minimum Gasteiger partial charge on any atom is -0.347 e. The van der Waals surface area contributed by atoms with Crippen molar-refractivity contribution in [3.05, 3.63) is 69.8 Å². The molecule has 132 valence electrons. The molecule has 0 unspecified atom stereocenters. The van der Waals surface area contributed by atoms with Gasteiger partial charge in [-0.05, 0) is 35.4 Å². The molecular weight excluding hydrogens is 392 g/mol. The van der Waals surface area contributed by atoms with Crippen molar-refractivity contribution in [2.45, 2.75) is 17.2 Å². The number of aromatic nitrogens is 1. The molecule has 4 rings (SSSR count). The highest BCUT2D eigenvalue weighted by Gasteiger charge is 2.31. The van der Waals surface area contributed by atoms with Crippen molar-refractivity contribution in [2.24, 2.45) is 0 Å². The molecule has 1 aromatic carbocycles. The Bertz CT molecular complexity index is 1110. The van der Waals surface area contributed by atoms with Crippen molar-refractivity contribution in [1.82, 2.24) is 10.3 Å². The summed E-state index contributed by atoms with van der Waals surface area (Å²) < 4.78 is 25.0. The summed E-state index contributed by atoms with van der Waals surface area (Å²) in [4.78, 5) is 18.0. The van der Waals surface area contributed by atoms with E-state index in [2.05, 4.69) is 10.3 Å². The molecule has 0 bridgehead atoms. The summed E-state index contributed by atoms with van der Waals surface area (Å²) in [5.74, 6) is -0.358. The number of thiophene rings is 1. The van der Waals surface area contributed by atoms with Gasteiger partial charge in [-0.15, -0.1) is 11.3 Å². The molecule has 0 fully saturated rings. The van der Waals surface area contributed by atoms with Crippen LogP contribution in [0.5, 0.6) is 0 Å². The van der Waals surface area contributed by atoms with Gasteiger partial charge in [-0.25, -0.2) is 8.42 Å². The van der Waals surface area contributed by atoms with Crippen molar-refractivity contribution in [1.29, 1.82) is 0 Å². The lowest BCUT2D eigenvalue weighted by Crippen LogP contribution is -2.21. The second-order valence-electron chi connectivity index (χ2n) is 5.91. The Morgan fingerprint density at radius 2 is 2.12 bits per heavy atom. The predicted octanol–water partition coefficient (Wildman–Crippen LogP) is 3.68. The first kappa shape index (κ1) is 17.2. The van der Waals surface area contributed by atoms with Crippen LogP contribution in [-0.2, 0) is 22.1 Å². The highest BCUT2D eigenvalue weighted by molar-refractivity contribution is 7.91. The van der Waals surface area contributed by atoms with Crippen LogP contribution in [0.25, 0.3) is 10.4 Å². The number of hydrogen-bond donors (Lipinski definition) is 1. The third-order valence-electron chi connectivity index (χ3n) is 4.08. The van der Waals surface area contributed by atoms with Gasteiger partial charge in [0.25, 0.3) is 5.91 Å². The zero-order chi connectivity index (χ0) is 18.3. The highest BCUT2D eigenvalue weighted by Crippen LogP contribution is 2.43. The molecule has 5 nitrogen and oxygen atoms in total. The maximum atomic E-state index is 12.5. The van der Waals surface area contributed by atoms with Crippen molar-refractivity contribution in [3.8, 4) is 10.4 Å². The van der Waals surface area contributed by atoms with Gasteiger partial charge in [-0.2, -0.15) is 0 Å². The lowest BCUT2D eigenvalue weighted by Gasteiger charge is -2.16. The van der Waals surface area contributed by atoms with E-state index in [0.29, 0.717) is 27.6 Å². The minimum atomic E-state index is -3.46. The van der Waals surface area contributed by atoms with Crippen LogP contribution < -0.4 is 5.32 Å². The molecule has 1 N–H and O–H groups in total. The number of nitrogens with zero attached hydrogens (tertiary/aromatic N) is 1. The number of nitrogens with one attached hydrogen (secondary N) is 1. The van der Waals surface area contributed by atoms with Crippen LogP contribution in [0.3, 0.4) is 0 Å². The first-order valence-electron chi connectivity index (χ1n) is 7.76. The summed E-state index contributed by atoms with van der Waals surface area (Å²) in [6.07, 6.45) is 3.36. The van der Waals surface area contributed by atoms with Gasteiger partial charge in [0.15, 0.2) is 9.84 Å². The van der Waals surface area contributed by atoms with Crippen LogP contribution in [0.15, 0.2) is 53.7 Å². The minimum absolute atomic E-state index is 0.123. The van der Waals surface area contributed by atoms with Gasteiger partial charge in [0.1, 0.15) is 0 Å². The van der Waals surface area contributed by atoms with E-state index in [-0.39, 0.29) is 16.6 Å². The molecule has 3 aromatic rings. The molecule has 8 heteroatoms. The van der Waals surface area contributed by atoms with Gasteiger partial charge < -0.3 is 5.32 Å². The molecule has 1 aliphatic heterocycles. The summed E-state index contributed by atoms with van der Waals surface area (Å²) in [5.41, 5.74) is 2.15. The average molecular weight is 405 g/mol. The van der Waals surface area contributed by atoms with E-state index in [4.69, 9.17) is 11.6 Å². The third-order valence-corrected chi connectivity index (χ3v) is 7.22. The smallest absolute Gasteiger partial charge is 0.261 e. The second kappa shape index (κ2) is 6.50. The van der Waals surface area contributed by atoms with Crippen molar-refractivity contribution < 1.29 is 13.2 Å². The van der Waals surface area contributed by atoms with Gasteiger partial charge >= 0.3 is 0 Å². The van der Waals surface area contributed by atoms with E-state index >= 15 is 0 Å². The number of benzene rings is 1. The fraction of sp³-hybridized carbons (Fsp3) is 0.111. The quantitative estimate of drug-likeness (QED) is 0.722. The van der Waals surface area contributed by atoms with Crippen LogP contribution in [0.4, 0.5) is 0 Å². The van der Waals surface area contributed by atoms with E-state index < -0.39 is 9.84 Å². The molecular formula is C18H13ClN2O3S2. The van der Waals surface area contributed by atoms with Gasteiger partial charge in [0.05, 0.1) is 15.5 Å². The van der Waals surface area contributed by atoms with Crippen LogP contribution in [0.2, 0.25) is 5.02 Å². The van der Waals surface area contributed by atoms with E-state index in [1.807, 2.05) is 6.07 Å². The molecule has 1 aliphatic rings. The van der Waals surface area contributed by atoms with E-state index in [9.17, 15) is 13.2 Å². The topological polar surface area (TPSA) is 76.1 Å². The summed E-state index contributed by atoms with van der Waals surface area (Å²) in [6.45, 7) is 0.361. The number of rotatable bonds is 3. The Kier molecular flexibility index (Phi) is 4.30. The van der Waals surface area contributed by atoms with Gasteiger partial charge in [0.2, 0.25) is 0 Å². The predicted molar refractivity (Wildman–Crippen MR) is 101 cm³/mol. The molecule has 1 amide bonds. The molecule has 3 heterocycles. The zero-order valence-electron chi connectivity index (χ0n) is 13.4. The summed E-state index contributed by atoms with van der Waals surface area (Å²) >= 11 is 7.25. The molecule has 0 spiro atoms. The summed E-state index contributed by atoms with van der Waals surface area (Å²) in [5, 5.41) is 3.22. The molecule has 0 radical (unpaired) electrons. The van der Waals surface area contributed by atoms with Crippen LogP contribution >= 0.6 is 22.9 Å². The number of carbonyl (C=O) groups is 1. The second-order valence-corrected chi connectivity index (χ2v) is 9.36. The lowest BCUT2D eigenvalue weighted by atomic mass is 10.1. The van der Waals surface area contributed by atoms with Crippen molar-refractivity contribution in [2.75, 3.05) is 0 Å². The fourth-order valence-corrected chi connectivity index (χ4v) is 6.00. The third kappa shape index (κ3) is 3.13. The SMILES string of the molecule is O=C(NCc1cccnc1)c1cc2c(s1)-c1ccc(Cl)cc1S(=O)(=O)C2. The Labute approximate surface area is 159 Å². The molecule has 26 heavy (non-hydrogen) atoms. The maximum Gasteiger partial charge on any atom is 0.261 e. The number of carbonyl (C=O) groups excluding carboxylic acids is 1. The number of amides is 1.